The van der Waals surface area contributed by atoms with Crippen LogP contribution in [0.4, 0.5) is 0 Å². The normalized spacial score (nSPS) is 10.5. The second-order valence-corrected chi connectivity index (χ2v) is 3.14. The number of nitrogens with zero attached hydrogens (tertiary/aromatic N) is 2. The lowest BCUT2D eigenvalue weighted by Crippen LogP contribution is -1.73. The molecule has 10 heavy (non-hydrogen) atoms. The van der Waals surface area contributed by atoms with Crippen molar-refractivity contribution in [2.24, 2.45) is 0 Å². The molecule has 0 saturated heterocycles. The molecule has 2 nitrogen and oxygen atoms in total. The number of hydrogen-bond acceptors (Lipinski definition) is 3. The number of hydrogen-bond donors (Lipinski definition) is 0. The monoisotopic (exact) mass is 170 g/mol. The maximum Gasteiger partial charge on any atom is 0.116 e. The van der Waals surface area contributed by atoms with Crippen LogP contribution in [0.2, 0.25) is 5.02 Å². The van der Waals surface area contributed by atoms with Gasteiger partial charge in [0.15, 0.2) is 0 Å². The van der Waals surface area contributed by atoms with Crippen molar-refractivity contribution in [1.82, 2.24) is 9.97 Å². The average molecular weight is 171 g/mol. The summed E-state index contributed by atoms with van der Waals surface area (Å²) in [5.41, 5.74) is 0.849. The summed E-state index contributed by atoms with van der Waals surface area (Å²) in [6.07, 6.45) is 3.26. The molecule has 2 aromatic rings. The largest absolute Gasteiger partial charge is 0.243 e. The molecule has 0 spiro atoms. The van der Waals surface area contributed by atoms with Gasteiger partial charge in [0, 0.05) is 11.6 Å². The first-order chi connectivity index (χ1) is 4.88. The van der Waals surface area contributed by atoms with Gasteiger partial charge in [0.2, 0.25) is 0 Å². The van der Waals surface area contributed by atoms with Crippen molar-refractivity contribution < 1.29 is 0 Å². The Balaban J connectivity index is 2.93. The van der Waals surface area contributed by atoms with Crippen molar-refractivity contribution in [2.45, 2.75) is 0 Å². The summed E-state index contributed by atoms with van der Waals surface area (Å²) in [6, 6.07) is 0. The number of fused-ring (bicyclic) bond motifs is 1. The number of halogens is 1. The fourth-order valence-corrected chi connectivity index (χ4v) is 1.83. The zero-order valence-electron chi connectivity index (χ0n) is 4.91. The van der Waals surface area contributed by atoms with E-state index in [0.29, 0.717) is 5.02 Å². The standard InChI is InChI=1S/C6H3ClN2S/c7-4-2-10-5-1-8-3-9-6(4)5/h1-3H. The fraction of sp³-hybridized carbons (Fsp3) is 0. The quantitative estimate of drug-likeness (QED) is 0.607. The molecule has 0 radical (unpaired) electrons. The van der Waals surface area contributed by atoms with Gasteiger partial charge in [-0.1, -0.05) is 11.6 Å². The topological polar surface area (TPSA) is 25.8 Å². The van der Waals surface area contributed by atoms with Gasteiger partial charge < -0.3 is 0 Å². The molecule has 0 aliphatic rings. The van der Waals surface area contributed by atoms with Gasteiger partial charge in [-0.25, -0.2) is 9.97 Å². The Hall–Kier alpha value is -0.670. The van der Waals surface area contributed by atoms with Crippen LogP contribution in [0.3, 0.4) is 0 Å². The van der Waals surface area contributed by atoms with Crippen LogP contribution in [0, 0.1) is 0 Å². The molecule has 0 aromatic carbocycles. The van der Waals surface area contributed by atoms with Crippen molar-refractivity contribution in [3.8, 4) is 0 Å². The number of thiophene rings is 1. The van der Waals surface area contributed by atoms with E-state index in [9.17, 15) is 0 Å². The molecular formula is C6H3ClN2S. The zero-order chi connectivity index (χ0) is 6.97. The molecule has 2 rings (SSSR count). The zero-order valence-corrected chi connectivity index (χ0v) is 6.49. The smallest absolute Gasteiger partial charge is 0.116 e. The second kappa shape index (κ2) is 2.18. The third kappa shape index (κ3) is 0.786. The third-order valence-corrected chi connectivity index (χ3v) is 2.52. The van der Waals surface area contributed by atoms with Gasteiger partial charge in [0.25, 0.3) is 0 Å². The first kappa shape index (κ1) is 6.07. The van der Waals surface area contributed by atoms with Gasteiger partial charge in [-0.15, -0.1) is 11.3 Å². The first-order valence-corrected chi connectivity index (χ1v) is 3.96. The average Bonchev–Trinajstić information content (AvgIpc) is 2.34. The highest BCUT2D eigenvalue weighted by atomic mass is 35.5. The van der Waals surface area contributed by atoms with Gasteiger partial charge in [-0.2, -0.15) is 0 Å². The molecular weight excluding hydrogens is 168 g/mol. The van der Waals surface area contributed by atoms with Crippen LogP contribution in [0.25, 0.3) is 10.2 Å². The summed E-state index contributed by atoms with van der Waals surface area (Å²) >= 11 is 7.35. The van der Waals surface area contributed by atoms with E-state index in [1.54, 1.807) is 17.5 Å². The predicted molar refractivity (Wildman–Crippen MR) is 42.4 cm³/mol. The van der Waals surface area contributed by atoms with E-state index in [2.05, 4.69) is 9.97 Å². The molecule has 2 aromatic heterocycles. The van der Waals surface area contributed by atoms with Crippen LogP contribution < -0.4 is 0 Å². The minimum absolute atomic E-state index is 0.711. The number of rotatable bonds is 0. The summed E-state index contributed by atoms with van der Waals surface area (Å²) in [5.74, 6) is 0. The van der Waals surface area contributed by atoms with E-state index in [0.717, 1.165) is 10.2 Å². The Labute approximate surface area is 66.5 Å². The van der Waals surface area contributed by atoms with E-state index in [4.69, 9.17) is 11.6 Å². The molecule has 0 bridgehead atoms. The van der Waals surface area contributed by atoms with Gasteiger partial charge in [-0.05, 0) is 0 Å². The maximum atomic E-state index is 5.79. The van der Waals surface area contributed by atoms with Crippen molar-refractivity contribution in [1.29, 1.82) is 0 Å². The molecule has 0 aliphatic carbocycles. The van der Waals surface area contributed by atoms with E-state index in [-0.39, 0.29) is 0 Å². The van der Waals surface area contributed by atoms with Gasteiger partial charge in [0.05, 0.1) is 9.72 Å². The summed E-state index contributed by atoms with van der Waals surface area (Å²) in [6.45, 7) is 0. The van der Waals surface area contributed by atoms with Gasteiger partial charge >= 0.3 is 0 Å². The summed E-state index contributed by atoms with van der Waals surface area (Å²) in [7, 11) is 0. The summed E-state index contributed by atoms with van der Waals surface area (Å²) in [5, 5.41) is 2.57. The Kier molecular flexibility index (Phi) is 1.32. The second-order valence-electron chi connectivity index (χ2n) is 1.82. The molecule has 0 amide bonds. The van der Waals surface area contributed by atoms with Crippen LogP contribution >= 0.6 is 22.9 Å². The van der Waals surface area contributed by atoms with Crippen molar-refractivity contribution in [2.75, 3.05) is 0 Å². The molecule has 0 fully saturated rings. The lowest BCUT2D eigenvalue weighted by atomic mass is 10.5. The fourth-order valence-electron chi connectivity index (χ4n) is 0.753. The van der Waals surface area contributed by atoms with Crippen molar-refractivity contribution in [3.63, 3.8) is 0 Å². The van der Waals surface area contributed by atoms with Crippen molar-refractivity contribution >= 4 is 33.2 Å². The molecule has 0 unspecified atom stereocenters. The minimum atomic E-state index is 0.711. The van der Waals surface area contributed by atoms with Crippen LogP contribution in [-0.2, 0) is 0 Å². The third-order valence-electron chi connectivity index (χ3n) is 1.19. The Morgan fingerprint density at radius 3 is 3.20 bits per heavy atom. The van der Waals surface area contributed by atoms with Crippen LogP contribution in [-0.4, -0.2) is 9.97 Å². The highest BCUT2D eigenvalue weighted by Gasteiger charge is 2.00. The number of aromatic nitrogens is 2. The molecule has 0 N–H and O–H groups in total. The summed E-state index contributed by atoms with van der Waals surface area (Å²) < 4.78 is 1.03. The SMILES string of the molecule is Clc1csc2cncnc12. The molecule has 0 atom stereocenters. The lowest BCUT2D eigenvalue weighted by Gasteiger charge is -1.83. The van der Waals surface area contributed by atoms with Crippen LogP contribution in [0.15, 0.2) is 17.9 Å². The van der Waals surface area contributed by atoms with E-state index < -0.39 is 0 Å². The molecule has 0 saturated carbocycles. The Morgan fingerprint density at radius 2 is 2.40 bits per heavy atom. The van der Waals surface area contributed by atoms with E-state index in [1.165, 1.54) is 6.33 Å². The Morgan fingerprint density at radius 1 is 1.50 bits per heavy atom. The highest BCUT2D eigenvalue weighted by Crippen LogP contribution is 2.26. The van der Waals surface area contributed by atoms with Crippen LogP contribution in [0.1, 0.15) is 0 Å². The maximum absolute atomic E-state index is 5.79. The highest BCUT2D eigenvalue weighted by molar-refractivity contribution is 7.17. The molecule has 2 heterocycles. The lowest BCUT2D eigenvalue weighted by molar-refractivity contribution is 1.23. The van der Waals surface area contributed by atoms with Gasteiger partial charge in [-0.3, -0.25) is 0 Å². The molecule has 0 aliphatic heterocycles. The minimum Gasteiger partial charge on any atom is -0.243 e. The van der Waals surface area contributed by atoms with Crippen LogP contribution in [0.5, 0.6) is 0 Å². The predicted octanol–water partition coefficient (Wildman–Crippen LogP) is 2.34. The van der Waals surface area contributed by atoms with Gasteiger partial charge in [0.1, 0.15) is 11.8 Å². The summed E-state index contributed by atoms with van der Waals surface area (Å²) in [4.78, 5) is 7.87. The van der Waals surface area contributed by atoms with Crippen molar-refractivity contribution in [3.05, 3.63) is 22.9 Å². The molecule has 50 valence electrons. The Bertz CT molecular complexity index is 357. The first-order valence-electron chi connectivity index (χ1n) is 2.70. The van der Waals surface area contributed by atoms with E-state index in [1.807, 2.05) is 5.38 Å². The molecule has 4 heteroatoms. The van der Waals surface area contributed by atoms with E-state index >= 15 is 0 Å².